The van der Waals surface area contributed by atoms with Crippen LogP contribution in [0.1, 0.15) is 37.9 Å². The summed E-state index contributed by atoms with van der Waals surface area (Å²) in [6, 6.07) is 0.341. The van der Waals surface area contributed by atoms with E-state index in [0.717, 1.165) is 18.7 Å². The lowest BCUT2D eigenvalue weighted by molar-refractivity contribution is 0.286. The van der Waals surface area contributed by atoms with E-state index >= 15 is 0 Å². The molecule has 0 aromatic carbocycles. The Morgan fingerprint density at radius 2 is 2.29 bits per heavy atom. The molecule has 1 saturated carbocycles. The summed E-state index contributed by atoms with van der Waals surface area (Å²) in [5.74, 6) is 2.26. The summed E-state index contributed by atoms with van der Waals surface area (Å²) >= 11 is 0. The maximum absolute atomic E-state index is 5.99. The predicted molar refractivity (Wildman–Crippen MR) is 54.7 cm³/mol. The highest BCUT2D eigenvalue weighted by Crippen LogP contribution is 2.35. The molecule has 1 aliphatic rings. The zero-order valence-corrected chi connectivity index (χ0v) is 8.85. The van der Waals surface area contributed by atoms with Crippen molar-refractivity contribution in [2.75, 3.05) is 0 Å². The lowest BCUT2D eigenvalue weighted by Crippen LogP contribution is -2.32. The second-order valence-electron chi connectivity index (χ2n) is 4.46. The van der Waals surface area contributed by atoms with E-state index in [-0.39, 0.29) is 0 Å². The lowest BCUT2D eigenvalue weighted by Gasteiger charge is -2.31. The van der Waals surface area contributed by atoms with Gasteiger partial charge in [-0.2, -0.15) is 0 Å². The van der Waals surface area contributed by atoms with Gasteiger partial charge >= 0.3 is 0 Å². The van der Waals surface area contributed by atoms with Gasteiger partial charge in [0.15, 0.2) is 0 Å². The molecule has 2 N–H and O–H groups in total. The first-order valence-corrected chi connectivity index (χ1v) is 5.28. The smallest absolute Gasteiger partial charge is 0.135 e. The fraction of sp³-hybridized carbons (Fsp3) is 0.800. The summed E-state index contributed by atoms with van der Waals surface area (Å²) < 4.78 is 2.01. The van der Waals surface area contributed by atoms with Crippen LogP contribution in [0.3, 0.4) is 0 Å². The van der Waals surface area contributed by atoms with Gasteiger partial charge in [0.2, 0.25) is 0 Å². The zero-order chi connectivity index (χ0) is 10.1. The first kappa shape index (κ1) is 9.65. The summed E-state index contributed by atoms with van der Waals surface area (Å²) in [5.41, 5.74) is 5.99. The first-order valence-electron chi connectivity index (χ1n) is 5.28. The zero-order valence-electron chi connectivity index (χ0n) is 8.85. The summed E-state index contributed by atoms with van der Waals surface area (Å²) in [6.45, 7) is 2.28. The van der Waals surface area contributed by atoms with Crippen molar-refractivity contribution in [3.63, 3.8) is 0 Å². The van der Waals surface area contributed by atoms with Crippen LogP contribution in [-0.2, 0) is 7.05 Å². The molecule has 1 aromatic heterocycles. The van der Waals surface area contributed by atoms with Crippen LogP contribution in [0.5, 0.6) is 0 Å². The predicted octanol–water partition coefficient (Wildman–Crippen LogP) is 1.05. The number of rotatable bonds is 1. The minimum absolute atomic E-state index is 0.341. The van der Waals surface area contributed by atoms with Gasteiger partial charge in [-0.1, -0.05) is 6.92 Å². The number of aryl methyl sites for hydroxylation is 1. The molecule has 1 fully saturated rings. The van der Waals surface area contributed by atoms with Crippen LogP contribution in [0.4, 0.5) is 0 Å². The minimum atomic E-state index is 0.341. The normalized spacial score (nSPS) is 33.2. The van der Waals surface area contributed by atoms with Gasteiger partial charge in [0.05, 0.1) is 0 Å². The summed E-state index contributed by atoms with van der Waals surface area (Å²) in [6.07, 6.45) is 5.17. The molecule has 4 nitrogen and oxygen atoms in total. The summed E-state index contributed by atoms with van der Waals surface area (Å²) in [5, 5.41) is 8.11. The van der Waals surface area contributed by atoms with Crippen molar-refractivity contribution in [2.45, 2.75) is 38.1 Å². The van der Waals surface area contributed by atoms with E-state index < -0.39 is 0 Å². The van der Waals surface area contributed by atoms with Crippen LogP contribution in [0, 0.1) is 5.92 Å². The first-order chi connectivity index (χ1) is 6.68. The lowest BCUT2D eigenvalue weighted by atomic mass is 9.78. The molecule has 3 unspecified atom stereocenters. The van der Waals surface area contributed by atoms with Crippen molar-refractivity contribution in [1.82, 2.24) is 14.8 Å². The van der Waals surface area contributed by atoms with E-state index in [1.54, 1.807) is 6.33 Å². The number of aromatic nitrogens is 3. The molecule has 3 atom stereocenters. The average Bonchev–Trinajstić information content (AvgIpc) is 2.56. The highest BCUT2D eigenvalue weighted by Gasteiger charge is 2.29. The maximum atomic E-state index is 5.99. The van der Waals surface area contributed by atoms with Gasteiger partial charge in [-0.25, -0.2) is 0 Å². The highest BCUT2D eigenvalue weighted by molar-refractivity contribution is 5.01. The van der Waals surface area contributed by atoms with Gasteiger partial charge < -0.3 is 10.3 Å². The van der Waals surface area contributed by atoms with E-state index in [9.17, 15) is 0 Å². The molecule has 1 aromatic rings. The Bertz CT molecular complexity index is 307. The van der Waals surface area contributed by atoms with Crippen molar-refractivity contribution < 1.29 is 0 Å². The van der Waals surface area contributed by atoms with E-state index in [4.69, 9.17) is 5.73 Å². The molecule has 0 aliphatic heterocycles. The average molecular weight is 194 g/mol. The third kappa shape index (κ3) is 1.66. The van der Waals surface area contributed by atoms with Gasteiger partial charge in [0.25, 0.3) is 0 Å². The van der Waals surface area contributed by atoms with Crippen molar-refractivity contribution in [3.8, 4) is 0 Å². The Kier molecular flexibility index (Phi) is 2.54. The third-order valence-corrected chi connectivity index (χ3v) is 3.31. The van der Waals surface area contributed by atoms with Crippen LogP contribution < -0.4 is 5.73 Å². The van der Waals surface area contributed by atoms with Crippen molar-refractivity contribution >= 4 is 0 Å². The van der Waals surface area contributed by atoms with Crippen LogP contribution in [0.25, 0.3) is 0 Å². The molecule has 4 heteroatoms. The van der Waals surface area contributed by atoms with Crippen molar-refractivity contribution in [3.05, 3.63) is 12.2 Å². The molecule has 14 heavy (non-hydrogen) atoms. The fourth-order valence-electron chi connectivity index (χ4n) is 2.34. The number of hydrogen-bond donors (Lipinski definition) is 1. The molecule has 1 heterocycles. The second-order valence-corrected chi connectivity index (χ2v) is 4.46. The Morgan fingerprint density at radius 1 is 1.50 bits per heavy atom. The SMILES string of the molecule is CC1CCC(N)CC1c1nncn1C. The van der Waals surface area contributed by atoms with E-state index in [1.165, 1.54) is 6.42 Å². The maximum Gasteiger partial charge on any atom is 0.135 e. The largest absolute Gasteiger partial charge is 0.328 e. The Balaban J connectivity index is 2.20. The fourth-order valence-corrected chi connectivity index (χ4v) is 2.34. The van der Waals surface area contributed by atoms with Crippen molar-refractivity contribution in [1.29, 1.82) is 0 Å². The van der Waals surface area contributed by atoms with Crippen LogP contribution in [0.2, 0.25) is 0 Å². The molecule has 0 spiro atoms. The van der Waals surface area contributed by atoms with Crippen LogP contribution >= 0.6 is 0 Å². The second kappa shape index (κ2) is 3.69. The molecule has 0 amide bonds. The van der Waals surface area contributed by atoms with Crippen LogP contribution in [0.15, 0.2) is 6.33 Å². The topological polar surface area (TPSA) is 56.7 Å². The standard InChI is InChI=1S/C10H18N4/c1-7-3-4-8(11)5-9(7)10-13-12-6-14(10)2/h6-9H,3-5,11H2,1-2H3. The number of nitrogens with zero attached hydrogens (tertiary/aromatic N) is 3. The Labute approximate surface area is 84.5 Å². The van der Waals surface area contributed by atoms with Gasteiger partial charge in [0, 0.05) is 19.0 Å². The van der Waals surface area contributed by atoms with E-state index in [0.29, 0.717) is 17.9 Å². The quantitative estimate of drug-likeness (QED) is 0.727. The third-order valence-electron chi connectivity index (χ3n) is 3.31. The monoisotopic (exact) mass is 194 g/mol. The highest BCUT2D eigenvalue weighted by atomic mass is 15.2. The number of nitrogens with two attached hydrogens (primary N) is 1. The number of hydrogen-bond acceptors (Lipinski definition) is 3. The Morgan fingerprint density at radius 3 is 2.93 bits per heavy atom. The molecule has 0 radical (unpaired) electrons. The summed E-state index contributed by atoms with van der Waals surface area (Å²) in [4.78, 5) is 0. The van der Waals surface area contributed by atoms with Crippen molar-refractivity contribution in [2.24, 2.45) is 18.7 Å². The molecular weight excluding hydrogens is 176 g/mol. The molecule has 0 bridgehead atoms. The van der Waals surface area contributed by atoms with Gasteiger partial charge in [-0.15, -0.1) is 10.2 Å². The molecule has 2 rings (SSSR count). The van der Waals surface area contributed by atoms with Crippen LogP contribution in [-0.4, -0.2) is 20.8 Å². The van der Waals surface area contributed by atoms with Gasteiger partial charge in [-0.3, -0.25) is 0 Å². The molecule has 0 saturated heterocycles. The minimum Gasteiger partial charge on any atom is -0.328 e. The van der Waals surface area contributed by atoms with E-state index in [2.05, 4.69) is 17.1 Å². The van der Waals surface area contributed by atoms with E-state index in [1.807, 2.05) is 11.6 Å². The van der Waals surface area contributed by atoms with Gasteiger partial charge in [0.1, 0.15) is 12.2 Å². The Hall–Kier alpha value is -0.900. The summed E-state index contributed by atoms with van der Waals surface area (Å²) in [7, 11) is 2.00. The molecule has 1 aliphatic carbocycles. The van der Waals surface area contributed by atoms with Gasteiger partial charge in [-0.05, 0) is 25.2 Å². The molecule has 78 valence electrons. The molecular formula is C10H18N4.